The number of anilines is 3. The number of carbonyl (C=O) groups excluding carboxylic acids is 3. The summed E-state index contributed by atoms with van der Waals surface area (Å²) in [5, 5.41) is 9.26. The summed E-state index contributed by atoms with van der Waals surface area (Å²) in [4.78, 5) is 41.1. The van der Waals surface area contributed by atoms with Gasteiger partial charge in [-0.3, -0.25) is 19.4 Å². The first-order chi connectivity index (χ1) is 14.0. The molecule has 0 aliphatic heterocycles. The second-order valence-corrected chi connectivity index (χ2v) is 7.13. The normalized spacial score (nSPS) is 14.1. The molecule has 0 spiro atoms. The van der Waals surface area contributed by atoms with Gasteiger partial charge in [-0.2, -0.15) is 0 Å². The van der Waals surface area contributed by atoms with Gasteiger partial charge < -0.3 is 16.0 Å². The Kier molecular flexibility index (Phi) is 4.72. The van der Waals surface area contributed by atoms with E-state index in [1.54, 1.807) is 36.5 Å². The van der Waals surface area contributed by atoms with E-state index >= 15 is 0 Å². The maximum atomic E-state index is 12.9. The quantitative estimate of drug-likeness (QED) is 0.582. The van der Waals surface area contributed by atoms with Crippen LogP contribution in [-0.4, -0.2) is 22.7 Å². The second kappa shape index (κ2) is 7.35. The molecule has 4 rings (SSSR count). The van der Waals surface area contributed by atoms with Crippen molar-refractivity contribution in [2.24, 2.45) is 5.41 Å². The minimum Gasteiger partial charge on any atom is -0.326 e. The predicted molar refractivity (Wildman–Crippen MR) is 111 cm³/mol. The first kappa shape index (κ1) is 18.6. The van der Waals surface area contributed by atoms with Crippen LogP contribution in [0, 0.1) is 5.41 Å². The number of aromatic nitrogens is 1. The van der Waals surface area contributed by atoms with Crippen LogP contribution in [0.2, 0.25) is 0 Å². The summed E-state index contributed by atoms with van der Waals surface area (Å²) in [6.07, 6.45) is 2.65. The first-order valence-electron chi connectivity index (χ1n) is 9.32. The van der Waals surface area contributed by atoms with E-state index < -0.39 is 5.41 Å². The van der Waals surface area contributed by atoms with Gasteiger partial charge in [0.15, 0.2) is 0 Å². The number of amides is 3. The van der Waals surface area contributed by atoms with Crippen molar-refractivity contribution < 1.29 is 14.4 Å². The molecule has 7 nitrogen and oxygen atoms in total. The minimum absolute atomic E-state index is 0.168. The van der Waals surface area contributed by atoms with Gasteiger partial charge in [-0.15, -0.1) is 0 Å². The molecule has 1 aliphatic rings. The van der Waals surface area contributed by atoms with Gasteiger partial charge in [0.25, 0.3) is 0 Å². The van der Waals surface area contributed by atoms with Crippen molar-refractivity contribution in [3.63, 3.8) is 0 Å². The number of nitrogens with one attached hydrogen (secondary N) is 3. The Morgan fingerprint density at radius 1 is 0.828 bits per heavy atom. The lowest BCUT2D eigenvalue weighted by Gasteiger charge is -2.16. The van der Waals surface area contributed by atoms with Gasteiger partial charge >= 0.3 is 0 Å². The molecule has 3 amide bonds. The van der Waals surface area contributed by atoms with Crippen molar-refractivity contribution in [1.29, 1.82) is 0 Å². The van der Waals surface area contributed by atoms with E-state index in [9.17, 15) is 14.4 Å². The highest BCUT2D eigenvalue weighted by atomic mass is 16.2. The van der Waals surface area contributed by atoms with E-state index in [-0.39, 0.29) is 17.7 Å². The summed E-state index contributed by atoms with van der Waals surface area (Å²) in [7, 11) is 0. The van der Waals surface area contributed by atoms with Crippen molar-refractivity contribution in [3.8, 4) is 0 Å². The number of nitrogens with zero attached hydrogens (tertiary/aromatic N) is 1. The maximum Gasteiger partial charge on any atom is 0.240 e. The third-order valence-electron chi connectivity index (χ3n) is 4.96. The Bertz CT molecular complexity index is 1100. The van der Waals surface area contributed by atoms with Crippen molar-refractivity contribution in [2.75, 3.05) is 16.0 Å². The number of fused-ring (bicyclic) bond motifs is 1. The molecule has 0 radical (unpaired) electrons. The van der Waals surface area contributed by atoms with Crippen LogP contribution in [0.5, 0.6) is 0 Å². The van der Waals surface area contributed by atoms with E-state index in [0.717, 1.165) is 5.39 Å². The molecule has 0 bridgehead atoms. The molecule has 1 saturated carbocycles. The van der Waals surface area contributed by atoms with Gasteiger partial charge in [0.2, 0.25) is 17.7 Å². The maximum absolute atomic E-state index is 12.9. The van der Waals surface area contributed by atoms with Gasteiger partial charge in [0.05, 0.1) is 11.2 Å². The molecule has 0 atom stereocenters. The SMILES string of the molecule is CC(=O)Nc1ccc(NC(=O)C2(C(=O)Nc3cccc4cccnc34)CC2)cc1. The zero-order chi connectivity index (χ0) is 20.4. The average Bonchev–Trinajstić information content (AvgIpc) is 3.52. The largest absolute Gasteiger partial charge is 0.326 e. The molecule has 1 aromatic heterocycles. The number of hydrogen-bond donors (Lipinski definition) is 3. The molecule has 146 valence electrons. The van der Waals surface area contributed by atoms with Crippen LogP contribution >= 0.6 is 0 Å². The first-order valence-corrected chi connectivity index (χ1v) is 9.32. The topological polar surface area (TPSA) is 100 Å². The highest BCUT2D eigenvalue weighted by Crippen LogP contribution is 2.47. The standard InChI is InChI=1S/C22H20N4O3/c1-14(27)24-16-7-9-17(10-8-16)25-20(28)22(11-12-22)21(29)26-18-6-2-4-15-5-3-13-23-19(15)18/h2-10,13H,11-12H2,1H3,(H,24,27)(H,25,28)(H,26,29). The third kappa shape index (κ3) is 3.80. The van der Waals surface area contributed by atoms with Gasteiger partial charge in [0, 0.05) is 29.9 Å². The molecule has 1 fully saturated rings. The smallest absolute Gasteiger partial charge is 0.240 e. The molecular weight excluding hydrogens is 368 g/mol. The van der Waals surface area contributed by atoms with Gasteiger partial charge in [-0.05, 0) is 49.2 Å². The lowest BCUT2D eigenvalue weighted by molar-refractivity contribution is -0.131. The van der Waals surface area contributed by atoms with E-state index in [2.05, 4.69) is 20.9 Å². The fourth-order valence-corrected chi connectivity index (χ4v) is 3.22. The zero-order valence-electron chi connectivity index (χ0n) is 15.9. The zero-order valence-corrected chi connectivity index (χ0v) is 15.9. The fraction of sp³-hybridized carbons (Fsp3) is 0.182. The fourth-order valence-electron chi connectivity index (χ4n) is 3.22. The highest BCUT2D eigenvalue weighted by molar-refractivity contribution is 6.18. The Morgan fingerprint density at radius 2 is 1.45 bits per heavy atom. The predicted octanol–water partition coefficient (Wildman–Crippen LogP) is 3.55. The van der Waals surface area contributed by atoms with Crippen molar-refractivity contribution >= 4 is 45.7 Å². The van der Waals surface area contributed by atoms with Crippen molar-refractivity contribution in [1.82, 2.24) is 4.98 Å². The van der Waals surface area contributed by atoms with E-state index in [0.29, 0.717) is 35.4 Å². The number of benzene rings is 2. The average molecular weight is 388 g/mol. The molecule has 7 heteroatoms. The van der Waals surface area contributed by atoms with E-state index in [1.807, 2.05) is 24.3 Å². The minimum atomic E-state index is -1.08. The monoisotopic (exact) mass is 388 g/mol. The molecule has 1 heterocycles. The van der Waals surface area contributed by atoms with E-state index in [1.165, 1.54) is 6.92 Å². The van der Waals surface area contributed by atoms with Crippen LogP contribution in [0.3, 0.4) is 0 Å². The van der Waals surface area contributed by atoms with Crippen LogP contribution in [0.4, 0.5) is 17.1 Å². The Labute approximate surface area is 167 Å². The highest BCUT2D eigenvalue weighted by Gasteiger charge is 2.56. The van der Waals surface area contributed by atoms with Crippen LogP contribution in [0.25, 0.3) is 10.9 Å². The van der Waals surface area contributed by atoms with Gasteiger partial charge in [-0.1, -0.05) is 18.2 Å². The Balaban J connectivity index is 1.47. The van der Waals surface area contributed by atoms with Crippen molar-refractivity contribution in [2.45, 2.75) is 19.8 Å². The Hall–Kier alpha value is -3.74. The van der Waals surface area contributed by atoms with Crippen LogP contribution in [0.15, 0.2) is 60.8 Å². The molecule has 3 aromatic rings. The van der Waals surface area contributed by atoms with Gasteiger partial charge in [-0.25, -0.2) is 0 Å². The number of para-hydroxylation sites is 1. The third-order valence-corrected chi connectivity index (χ3v) is 4.96. The molecule has 0 saturated heterocycles. The summed E-state index contributed by atoms with van der Waals surface area (Å²) in [5.41, 5.74) is 1.40. The lowest BCUT2D eigenvalue weighted by Crippen LogP contribution is -2.35. The van der Waals surface area contributed by atoms with Crippen LogP contribution < -0.4 is 16.0 Å². The van der Waals surface area contributed by atoms with Gasteiger partial charge in [0.1, 0.15) is 5.41 Å². The summed E-state index contributed by atoms with van der Waals surface area (Å²) < 4.78 is 0. The molecule has 1 aliphatic carbocycles. The lowest BCUT2D eigenvalue weighted by atomic mass is 10.0. The van der Waals surface area contributed by atoms with Crippen LogP contribution in [0.1, 0.15) is 19.8 Å². The van der Waals surface area contributed by atoms with E-state index in [4.69, 9.17) is 0 Å². The van der Waals surface area contributed by atoms with Crippen molar-refractivity contribution in [3.05, 3.63) is 60.8 Å². The molecule has 3 N–H and O–H groups in total. The number of carbonyl (C=O) groups is 3. The summed E-state index contributed by atoms with van der Waals surface area (Å²) >= 11 is 0. The molecule has 0 unspecified atom stereocenters. The summed E-state index contributed by atoms with van der Waals surface area (Å²) in [6, 6.07) is 16.1. The Morgan fingerprint density at radius 3 is 2.10 bits per heavy atom. The number of pyridine rings is 1. The summed E-state index contributed by atoms with van der Waals surface area (Å²) in [5.74, 6) is -0.836. The van der Waals surface area contributed by atoms with Crippen LogP contribution in [-0.2, 0) is 14.4 Å². The molecular formula is C22H20N4O3. The molecule has 2 aromatic carbocycles. The summed E-state index contributed by atoms with van der Waals surface area (Å²) in [6.45, 7) is 1.43. The number of hydrogen-bond acceptors (Lipinski definition) is 4. The molecule has 29 heavy (non-hydrogen) atoms. The number of rotatable bonds is 5. The second-order valence-electron chi connectivity index (χ2n) is 7.13.